The van der Waals surface area contributed by atoms with Gasteiger partial charge in [-0.3, -0.25) is 4.79 Å². The molecule has 0 heterocycles. The Morgan fingerprint density at radius 3 is 2.53 bits per heavy atom. The predicted molar refractivity (Wildman–Crippen MR) is 88.0 cm³/mol. The zero-order valence-corrected chi connectivity index (χ0v) is 13.1. The zero-order valence-electron chi connectivity index (χ0n) is 10.2. The average Bonchev–Trinajstić information content (AvgIpc) is 2.41. The number of alkyl halides is 1. The van der Waals surface area contributed by atoms with E-state index in [2.05, 4.69) is 27.9 Å². The summed E-state index contributed by atoms with van der Waals surface area (Å²) in [5.74, 6) is 0.511. The van der Waals surface area contributed by atoms with Crippen LogP contribution in [0.4, 0.5) is 5.69 Å². The summed E-state index contributed by atoms with van der Waals surface area (Å²) < 4.78 is 1.04. The third-order valence-electron chi connectivity index (χ3n) is 2.68. The van der Waals surface area contributed by atoms with Crippen molar-refractivity contribution < 1.29 is 4.79 Å². The molecule has 0 atom stereocenters. The lowest BCUT2D eigenvalue weighted by Gasteiger charge is -2.06. The van der Waals surface area contributed by atoms with Crippen molar-refractivity contribution in [3.63, 3.8) is 0 Å². The number of hydrogen-bond acceptors (Lipinski definition) is 1. The lowest BCUT2D eigenvalue weighted by molar-refractivity contribution is 0.102. The molecular formula is C15H13ClINO. The van der Waals surface area contributed by atoms with Crippen LogP contribution in [0.25, 0.3) is 0 Å². The van der Waals surface area contributed by atoms with E-state index in [0.29, 0.717) is 11.4 Å². The monoisotopic (exact) mass is 385 g/mol. The minimum Gasteiger partial charge on any atom is -0.322 e. The summed E-state index contributed by atoms with van der Waals surface area (Å²) in [5, 5.41) is 2.88. The van der Waals surface area contributed by atoms with E-state index in [1.165, 1.54) is 5.56 Å². The lowest BCUT2D eigenvalue weighted by Crippen LogP contribution is -2.11. The van der Waals surface area contributed by atoms with Crippen molar-refractivity contribution in [2.24, 2.45) is 0 Å². The van der Waals surface area contributed by atoms with Gasteiger partial charge in [0.15, 0.2) is 0 Å². The highest BCUT2D eigenvalue weighted by Crippen LogP contribution is 2.13. The second-order valence-electron chi connectivity index (χ2n) is 4.10. The second kappa shape index (κ2) is 6.91. The first-order valence-electron chi connectivity index (χ1n) is 5.91. The highest BCUT2D eigenvalue weighted by molar-refractivity contribution is 14.1. The first-order valence-corrected chi connectivity index (χ1v) is 7.52. The van der Waals surface area contributed by atoms with Crippen molar-refractivity contribution in [1.29, 1.82) is 0 Å². The molecule has 0 aliphatic heterocycles. The largest absolute Gasteiger partial charge is 0.322 e. The number of rotatable bonds is 4. The molecule has 0 aliphatic rings. The molecule has 1 N–H and O–H groups in total. The standard InChI is InChI=1S/C15H13ClINO/c16-9-8-11-4-6-14(7-5-11)18-15(19)12-2-1-3-13(17)10-12/h1-7,10H,8-9H2,(H,18,19). The summed E-state index contributed by atoms with van der Waals surface area (Å²) in [6.07, 6.45) is 0.840. The molecule has 2 rings (SSSR count). The maximum atomic E-state index is 12.0. The van der Waals surface area contributed by atoms with Gasteiger partial charge in [0, 0.05) is 20.7 Å². The number of benzene rings is 2. The molecule has 2 nitrogen and oxygen atoms in total. The van der Waals surface area contributed by atoms with E-state index >= 15 is 0 Å². The number of hydrogen-bond donors (Lipinski definition) is 1. The summed E-state index contributed by atoms with van der Waals surface area (Å²) >= 11 is 7.88. The van der Waals surface area contributed by atoms with Gasteiger partial charge < -0.3 is 5.32 Å². The molecule has 2 aromatic rings. The van der Waals surface area contributed by atoms with Crippen LogP contribution in [0.5, 0.6) is 0 Å². The van der Waals surface area contributed by atoms with Crippen LogP contribution < -0.4 is 5.32 Å². The van der Waals surface area contributed by atoms with Crippen LogP contribution in [0.3, 0.4) is 0 Å². The van der Waals surface area contributed by atoms with Crippen LogP contribution in [-0.4, -0.2) is 11.8 Å². The minimum absolute atomic E-state index is 0.0939. The maximum absolute atomic E-state index is 12.0. The van der Waals surface area contributed by atoms with Crippen molar-refractivity contribution in [2.45, 2.75) is 6.42 Å². The van der Waals surface area contributed by atoms with Gasteiger partial charge in [-0.2, -0.15) is 0 Å². The first kappa shape index (κ1) is 14.3. The third kappa shape index (κ3) is 4.21. The van der Waals surface area contributed by atoms with Crippen LogP contribution in [0.15, 0.2) is 48.5 Å². The minimum atomic E-state index is -0.0939. The summed E-state index contributed by atoms with van der Waals surface area (Å²) in [6, 6.07) is 15.2. The van der Waals surface area contributed by atoms with Crippen LogP contribution >= 0.6 is 34.2 Å². The number of nitrogens with one attached hydrogen (secondary N) is 1. The number of carbonyl (C=O) groups is 1. The van der Waals surface area contributed by atoms with Gasteiger partial charge in [0.2, 0.25) is 0 Å². The molecule has 2 aromatic carbocycles. The second-order valence-corrected chi connectivity index (χ2v) is 5.72. The van der Waals surface area contributed by atoms with E-state index in [1.807, 2.05) is 42.5 Å². The van der Waals surface area contributed by atoms with E-state index in [-0.39, 0.29) is 5.91 Å². The van der Waals surface area contributed by atoms with Crippen molar-refractivity contribution in [1.82, 2.24) is 0 Å². The van der Waals surface area contributed by atoms with Crippen LogP contribution in [-0.2, 0) is 6.42 Å². The van der Waals surface area contributed by atoms with E-state index in [4.69, 9.17) is 11.6 Å². The van der Waals surface area contributed by atoms with Crippen LogP contribution in [0.1, 0.15) is 15.9 Å². The fourth-order valence-electron chi connectivity index (χ4n) is 1.70. The molecule has 0 bridgehead atoms. The Morgan fingerprint density at radius 2 is 1.89 bits per heavy atom. The van der Waals surface area contributed by atoms with Crippen molar-refractivity contribution in [3.8, 4) is 0 Å². The molecule has 0 unspecified atom stereocenters. The molecule has 0 spiro atoms. The van der Waals surface area contributed by atoms with E-state index in [0.717, 1.165) is 15.7 Å². The smallest absolute Gasteiger partial charge is 0.255 e. The molecule has 0 aliphatic carbocycles. The SMILES string of the molecule is O=C(Nc1ccc(CCCl)cc1)c1cccc(I)c1. The van der Waals surface area contributed by atoms with Crippen LogP contribution in [0, 0.1) is 3.57 Å². The van der Waals surface area contributed by atoms with Gasteiger partial charge in [-0.1, -0.05) is 18.2 Å². The predicted octanol–water partition coefficient (Wildman–Crippen LogP) is 4.32. The Labute approximate surface area is 131 Å². The van der Waals surface area contributed by atoms with Crippen LogP contribution in [0.2, 0.25) is 0 Å². The van der Waals surface area contributed by atoms with E-state index < -0.39 is 0 Å². The van der Waals surface area contributed by atoms with Gasteiger partial charge in [-0.25, -0.2) is 0 Å². The Morgan fingerprint density at radius 1 is 1.16 bits per heavy atom. The lowest BCUT2D eigenvalue weighted by atomic mass is 10.1. The molecule has 1 amide bonds. The number of halogens is 2. The van der Waals surface area contributed by atoms with Crippen molar-refractivity contribution in [3.05, 3.63) is 63.2 Å². The summed E-state index contributed by atoms with van der Waals surface area (Å²) in [7, 11) is 0. The summed E-state index contributed by atoms with van der Waals surface area (Å²) in [4.78, 5) is 12.0. The molecule has 4 heteroatoms. The summed E-state index contributed by atoms with van der Waals surface area (Å²) in [6.45, 7) is 0. The Balaban J connectivity index is 2.06. The van der Waals surface area contributed by atoms with Gasteiger partial charge >= 0.3 is 0 Å². The molecule has 0 fully saturated rings. The Hall–Kier alpha value is -1.07. The molecule has 98 valence electrons. The third-order valence-corrected chi connectivity index (χ3v) is 3.54. The number of carbonyl (C=O) groups excluding carboxylic acids is 1. The molecular weight excluding hydrogens is 373 g/mol. The quantitative estimate of drug-likeness (QED) is 0.616. The van der Waals surface area contributed by atoms with Gasteiger partial charge in [-0.15, -0.1) is 11.6 Å². The van der Waals surface area contributed by atoms with Crippen molar-refractivity contribution in [2.75, 3.05) is 11.2 Å². The normalized spacial score (nSPS) is 10.2. The highest BCUT2D eigenvalue weighted by atomic mass is 127. The maximum Gasteiger partial charge on any atom is 0.255 e. The highest BCUT2D eigenvalue weighted by Gasteiger charge is 2.06. The zero-order chi connectivity index (χ0) is 13.7. The van der Waals surface area contributed by atoms with Gasteiger partial charge in [0.05, 0.1) is 0 Å². The van der Waals surface area contributed by atoms with Crippen molar-refractivity contribution >= 4 is 45.8 Å². The Bertz CT molecular complexity index is 569. The Kier molecular flexibility index (Phi) is 5.22. The fraction of sp³-hybridized carbons (Fsp3) is 0.133. The topological polar surface area (TPSA) is 29.1 Å². The van der Waals surface area contributed by atoms with Gasteiger partial charge in [-0.05, 0) is 64.9 Å². The van der Waals surface area contributed by atoms with E-state index in [9.17, 15) is 4.79 Å². The average molecular weight is 386 g/mol. The summed E-state index contributed by atoms with van der Waals surface area (Å²) in [5.41, 5.74) is 2.63. The molecule has 0 saturated carbocycles. The first-order chi connectivity index (χ1) is 9.19. The number of anilines is 1. The van der Waals surface area contributed by atoms with Gasteiger partial charge in [0.25, 0.3) is 5.91 Å². The molecule has 0 radical (unpaired) electrons. The van der Waals surface area contributed by atoms with Gasteiger partial charge in [0.1, 0.15) is 0 Å². The fourth-order valence-corrected chi connectivity index (χ4v) is 2.46. The number of amides is 1. The molecule has 0 saturated heterocycles. The molecule has 0 aromatic heterocycles. The number of aryl methyl sites for hydroxylation is 1. The molecule has 19 heavy (non-hydrogen) atoms. The van der Waals surface area contributed by atoms with E-state index in [1.54, 1.807) is 6.07 Å².